The van der Waals surface area contributed by atoms with E-state index in [9.17, 15) is 0 Å². The van der Waals surface area contributed by atoms with Gasteiger partial charge in [-0.1, -0.05) is 170 Å². The number of benzene rings is 8. The summed E-state index contributed by atoms with van der Waals surface area (Å²) in [6, 6.07) is 75.6. The van der Waals surface area contributed by atoms with Gasteiger partial charge < -0.3 is 8.98 Å². The number of nitrogens with zero attached hydrogens (tertiary/aromatic N) is 5. The molecule has 0 amide bonds. The standard InChI is InChI=1S/C56H37N5OSi/c1-4-17-42(18-5-1)63(43-19-6-2-7-20-43,44-21-8-3-9-22-44)45-30-27-38(28-31-45)54-58-55(60-56(59-54)40-29-32-48-49-33-34-57-37-53(49)62-52(48)36-40)39-15-14-16-41(35-39)61-50-25-12-10-23-46(50)47-24-11-13-26-51(47)61/h1-37H. The zero-order valence-corrected chi connectivity index (χ0v) is 35.0. The summed E-state index contributed by atoms with van der Waals surface area (Å²) in [4.78, 5) is 20.0. The van der Waals surface area contributed by atoms with Gasteiger partial charge in [0.25, 0.3) is 0 Å². The minimum Gasteiger partial charge on any atom is -0.454 e. The van der Waals surface area contributed by atoms with Crippen LogP contribution in [0.25, 0.3) is 83.6 Å². The Labute approximate surface area is 364 Å². The van der Waals surface area contributed by atoms with Crippen LogP contribution >= 0.6 is 0 Å². The quantitative estimate of drug-likeness (QED) is 0.113. The highest BCUT2D eigenvalue weighted by Gasteiger charge is 2.41. The first-order valence-corrected chi connectivity index (χ1v) is 23.1. The van der Waals surface area contributed by atoms with E-state index in [1.54, 1.807) is 12.4 Å². The van der Waals surface area contributed by atoms with Crippen molar-refractivity contribution >= 4 is 72.6 Å². The highest BCUT2D eigenvalue weighted by molar-refractivity contribution is 7.19. The van der Waals surface area contributed by atoms with Gasteiger partial charge in [0.05, 0.1) is 17.2 Å². The van der Waals surface area contributed by atoms with Gasteiger partial charge in [-0.05, 0) is 63.2 Å². The van der Waals surface area contributed by atoms with E-state index in [1.165, 1.54) is 31.5 Å². The van der Waals surface area contributed by atoms with Crippen LogP contribution in [-0.2, 0) is 0 Å². The second-order valence-corrected chi connectivity index (χ2v) is 19.6. The van der Waals surface area contributed by atoms with Crippen molar-refractivity contribution in [3.05, 3.63) is 225 Å². The predicted molar refractivity (Wildman–Crippen MR) is 259 cm³/mol. The first kappa shape index (κ1) is 36.6. The topological polar surface area (TPSA) is 69.6 Å². The zero-order chi connectivity index (χ0) is 41.7. The van der Waals surface area contributed by atoms with Crippen LogP contribution in [0.15, 0.2) is 229 Å². The van der Waals surface area contributed by atoms with E-state index < -0.39 is 8.07 Å². The Bertz CT molecular complexity index is 3470. The Hall–Kier alpha value is -8.26. The molecule has 296 valence electrons. The Kier molecular flexibility index (Phi) is 8.72. The van der Waals surface area contributed by atoms with Crippen LogP contribution in [0.3, 0.4) is 0 Å². The molecule has 0 aliphatic carbocycles. The van der Waals surface area contributed by atoms with E-state index in [0.29, 0.717) is 17.5 Å². The molecule has 0 atom stereocenters. The number of fused-ring (bicyclic) bond motifs is 6. The summed E-state index contributed by atoms with van der Waals surface area (Å²) in [6.07, 6.45) is 3.55. The van der Waals surface area contributed by atoms with Crippen molar-refractivity contribution in [1.29, 1.82) is 0 Å². The fourth-order valence-corrected chi connectivity index (χ4v) is 14.2. The number of aromatic nitrogens is 5. The molecule has 12 rings (SSSR count). The van der Waals surface area contributed by atoms with Crippen LogP contribution in [0.1, 0.15) is 0 Å². The lowest BCUT2D eigenvalue weighted by molar-refractivity contribution is 0.667. The Balaban J connectivity index is 1.04. The average Bonchev–Trinajstić information content (AvgIpc) is 3.91. The van der Waals surface area contributed by atoms with Gasteiger partial charge in [0.1, 0.15) is 5.58 Å². The van der Waals surface area contributed by atoms with Crippen LogP contribution in [0.4, 0.5) is 0 Å². The van der Waals surface area contributed by atoms with Crippen molar-refractivity contribution in [3.8, 4) is 39.9 Å². The lowest BCUT2D eigenvalue weighted by Gasteiger charge is -2.34. The van der Waals surface area contributed by atoms with Crippen molar-refractivity contribution in [2.45, 2.75) is 0 Å². The van der Waals surface area contributed by atoms with E-state index in [0.717, 1.165) is 55.3 Å². The van der Waals surface area contributed by atoms with E-state index in [1.807, 2.05) is 12.1 Å². The molecule has 0 N–H and O–H groups in total. The van der Waals surface area contributed by atoms with Crippen molar-refractivity contribution < 1.29 is 4.42 Å². The third-order valence-corrected chi connectivity index (χ3v) is 17.1. The first-order valence-electron chi connectivity index (χ1n) is 21.1. The number of rotatable bonds is 8. The van der Waals surface area contributed by atoms with Gasteiger partial charge in [-0.3, -0.25) is 4.98 Å². The maximum Gasteiger partial charge on any atom is 0.179 e. The van der Waals surface area contributed by atoms with E-state index in [4.69, 9.17) is 19.4 Å². The van der Waals surface area contributed by atoms with Gasteiger partial charge >= 0.3 is 0 Å². The zero-order valence-electron chi connectivity index (χ0n) is 34.0. The summed E-state index contributed by atoms with van der Waals surface area (Å²) in [5, 5.41) is 9.69. The summed E-state index contributed by atoms with van der Waals surface area (Å²) in [5.41, 5.74) is 7.42. The van der Waals surface area contributed by atoms with E-state index >= 15 is 0 Å². The molecule has 7 heteroatoms. The minimum absolute atomic E-state index is 0.559. The molecular weight excluding hydrogens is 787 g/mol. The summed E-state index contributed by atoms with van der Waals surface area (Å²) in [7, 11) is -2.73. The van der Waals surface area contributed by atoms with Gasteiger partial charge in [0, 0.05) is 50.1 Å². The van der Waals surface area contributed by atoms with Crippen molar-refractivity contribution in [1.82, 2.24) is 24.5 Å². The molecule has 12 aromatic rings. The Morgan fingerprint density at radius 1 is 0.365 bits per heavy atom. The lowest BCUT2D eigenvalue weighted by Crippen LogP contribution is -2.74. The normalized spacial score (nSPS) is 11.8. The Morgan fingerprint density at radius 2 is 0.857 bits per heavy atom. The number of hydrogen-bond donors (Lipinski definition) is 0. The van der Waals surface area contributed by atoms with Gasteiger partial charge in [0.2, 0.25) is 0 Å². The van der Waals surface area contributed by atoms with Gasteiger partial charge in [-0.15, -0.1) is 0 Å². The molecule has 8 aromatic carbocycles. The van der Waals surface area contributed by atoms with Crippen LogP contribution in [0, 0.1) is 0 Å². The van der Waals surface area contributed by atoms with Crippen LogP contribution < -0.4 is 20.7 Å². The average molecular weight is 824 g/mol. The molecule has 4 aromatic heterocycles. The monoisotopic (exact) mass is 823 g/mol. The number of para-hydroxylation sites is 2. The Morgan fingerprint density at radius 3 is 1.46 bits per heavy atom. The third kappa shape index (κ3) is 6.09. The molecule has 4 heterocycles. The van der Waals surface area contributed by atoms with E-state index in [2.05, 4.69) is 210 Å². The smallest absolute Gasteiger partial charge is 0.179 e. The van der Waals surface area contributed by atoms with Crippen LogP contribution in [0.5, 0.6) is 0 Å². The largest absolute Gasteiger partial charge is 0.454 e. The summed E-state index contributed by atoms with van der Waals surface area (Å²) < 4.78 is 8.62. The van der Waals surface area contributed by atoms with Crippen molar-refractivity contribution in [2.75, 3.05) is 0 Å². The molecule has 0 spiro atoms. The van der Waals surface area contributed by atoms with E-state index in [-0.39, 0.29) is 0 Å². The second kappa shape index (κ2) is 15.0. The maximum atomic E-state index is 6.29. The molecule has 6 nitrogen and oxygen atoms in total. The maximum absolute atomic E-state index is 6.29. The van der Waals surface area contributed by atoms with Crippen LogP contribution in [-0.4, -0.2) is 32.6 Å². The molecule has 0 bridgehead atoms. The second-order valence-electron chi connectivity index (χ2n) is 15.8. The van der Waals surface area contributed by atoms with Gasteiger partial charge in [-0.2, -0.15) is 0 Å². The summed E-state index contributed by atoms with van der Waals surface area (Å²) in [6.45, 7) is 0. The first-order chi connectivity index (χ1) is 31.2. The number of furan rings is 1. The highest BCUT2D eigenvalue weighted by Crippen LogP contribution is 2.35. The van der Waals surface area contributed by atoms with Gasteiger partial charge in [0.15, 0.2) is 31.1 Å². The summed E-state index contributed by atoms with van der Waals surface area (Å²) >= 11 is 0. The molecule has 0 radical (unpaired) electrons. The molecular formula is C56H37N5OSi. The van der Waals surface area contributed by atoms with Gasteiger partial charge in [-0.25, -0.2) is 15.0 Å². The molecule has 0 unspecified atom stereocenters. The SMILES string of the molecule is c1ccc([Si](c2ccccc2)(c2ccccc2)c2ccc(-c3nc(-c4cccc(-n5c6ccccc6c6ccccc65)c4)nc(-c4ccc5c(c4)oc4cnccc45)n3)cc2)cc1. The fourth-order valence-electron chi connectivity index (χ4n) is 9.45. The lowest BCUT2D eigenvalue weighted by atomic mass is 10.1. The van der Waals surface area contributed by atoms with Crippen LogP contribution in [0.2, 0.25) is 0 Å². The number of hydrogen-bond acceptors (Lipinski definition) is 5. The fraction of sp³-hybridized carbons (Fsp3) is 0. The molecule has 0 saturated carbocycles. The molecule has 0 aliphatic rings. The van der Waals surface area contributed by atoms with Crippen molar-refractivity contribution in [2.24, 2.45) is 0 Å². The van der Waals surface area contributed by atoms with Crippen molar-refractivity contribution in [3.63, 3.8) is 0 Å². The molecule has 63 heavy (non-hydrogen) atoms. The molecule has 0 fully saturated rings. The third-order valence-electron chi connectivity index (χ3n) is 12.3. The molecule has 0 aliphatic heterocycles. The number of pyridine rings is 1. The highest BCUT2D eigenvalue weighted by atomic mass is 28.3. The molecule has 0 saturated heterocycles. The minimum atomic E-state index is -2.73. The predicted octanol–water partition coefficient (Wildman–Crippen LogP) is 10.6. The summed E-state index contributed by atoms with van der Waals surface area (Å²) in [5.74, 6) is 1.73.